The van der Waals surface area contributed by atoms with E-state index in [2.05, 4.69) is 15.0 Å². The molecule has 0 saturated carbocycles. The molecule has 5 N–H and O–H groups in total. The van der Waals surface area contributed by atoms with Crippen LogP contribution in [0.3, 0.4) is 0 Å². The normalized spacial score (nSPS) is 18.6. The first-order valence-electron chi connectivity index (χ1n) is 14.6. The predicted molar refractivity (Wildman–Crippen MR) is 170 cm³/mol. The van der Waals surface area contributed by atoms with Gasteiger partial charge in [-0.15, -0.1) is 0 Å². The minimum absolute atomic E-state index is 0.0227. The van der Waals surface area contributed by atoms with Crippen molar-refractivity contribution in [3.05, 3.63) is 94.8 Å². The fraction of sp³-hybridized carbons (Fsp3) is 0.387. The third kappa shape index (κ3) is 8.74. The number of ether oxygens (including phenoxy) is 1. The minimum Gasteiger partial charge on any atom is -0.480 e. The number of rotatable bonds is 14. The largest absolute Gasteiger partial charge is 0.480 e. The van der Waals surface area contributed by atoms with Crippen LogP contribution in [0.5, 0.6) is 0 Å². The van der Waals surface area contributed by atoms with Crippen molar-refractivity contribution in [2.45, 2.75) is 62.1 Å². The summed E-state index contributed by atoms with van der Waals surface area (Å²) < 4.78 is 62.5. The number of aliphatic carboxylic acids is 1. The number of nitrogens with two attached hydrogens (primary N) is 1. The smallest absolute Gasteiger partial charge is 0.323 e. The number of sulfonamides is 2. The molecule has 1 fully saturated rings. The summed E-state index contributed by atoms with van der Waals surface area (Å²) in [4.78, 5) is 28.9. The molecule has 1 amide bonds. The highest BCUT2D eigenvalue weighted by Crippen LogP contribution is 2.32. The number of carbonyl (C=O) groups is 2. The van der Waals surface area contributed by atoms with E-state index in [9.17, 15) is 31.5 Å². The maximum absolute atomic E-state index is 13.6. The zero-order valence-corrected chi connectivity index (χ0v) is 27.4. The summed E-state index contributed by atoms with van der Waals surface area (Å²) in [6.45, 7) is 3.94. The van der Waals surface area contributed by atoms with Gasteiger partial charge in [-0.3, -0.25) is 14.6 Å². The van der Waals surface area contributed by atoms with E-state index in [0.29, 0.717) is 22.4 Å². The summed E-state index contributed by atoms with van der Waals surface area (Å²) in [7, 11) is -8.08. The molecule has 46 heavy (non-hydrogen) atoms. The summed E-state index contributed by atoms with van der Waals surface area (Å²) in [5.74, 6) is -2.43. The first kappa shape index (κ1) is 35.1. The van der Waals surface area contributed by atoms with Crippen molar-refractivity contribution < 1.29 is 36.3 Å². The summed E-state index contributed by atoms with van der Waals surface area (Å²) in [5, 5.41) is 12.1. The number of benzene rings is 2. The third-order valence-electron chi connectivity index (χ3n) is 7.67. The zero-order valence-electron chi connectivity index (χ0n) is 25.8. The summed E-state index contributed by atoms with van der Waals surface area (Å²) in [6.07, 6.45) is 1.06. The molecule has 2 aromatic carbocycles. The summed E-state index contributed by atoms with van der Waals surface area (Å²) >= 11 is 0. The van der Waals surface area contributed by atoms with Crippen molar-refractivity contribution in [1.82, 2.24) is 19.3 Å². The van der Waals surface area contributed by atoms with Crippen molar-refractivity contribution in [2.75, 3.05) is 19.7 Å². The Bertz CT molecular complexity index is 1730. The molecule has 248 valence electrons. The molecule has 2 heterocycles. The van der Waals surface area contributed by atoms with Crippen molar-refractivity contribution in [3.8, 4) is 0 Å². The second-order valence-electron chi connectivity index (χ2n) is 11.4. The maximum atomic E-state index is 13.6. The van der Waals surface area contributed by atoms with Gasteiger partial charge >= 0.3 is 5.97 Å². The summed E-state index contributed by atoms with van der Waals surface area (Å²) in [5.41, 5.74) is 9.41. The molecule has 0 radical (unpaired) electrons. The lowest BCUT2D eigenvalue weighted by atomic mass is 10.0. The van der Waals surface area contributed by atoms with E-state index in [0.717, 1.165) is 5.56 Å². The van der Waals surface area contributed by atoms with Gasteiger partial charge in [0, 0.05) is 25.3 Å². The molecule has 0 bridgehead atoms. The van der Waals surface area contributed by atoms with Crippen LogP contribution < -0.4 is 15.8 Å². The van der Waals surface area contributed by atoms with Crippen LogP contribution in [-0.2, 0) is 40.1 Å². The van der Waals surface area contributed by atoms with Crippen molar-refractivity contribution >= 4 is 31.9 Å². The number of amides is 1. The topological polar surface area (TPSA) is 198 Å². The first-order chi connectivity index (χ1) is 21.7. The van der Waals surface area contributed by atoms with Gasteiger partial charge in [-0.25, -0.2) is 16.8 Å². The molecular formula is C31H39N5O8S2. The zero-order chi connectivity index (χ0) is 33.6. The third-order valence-corrected chi connectivity index (χ3v) is 11.3. The second-order valence-corrected chi connectivity index (χ2v) is 14.9. The van der Waals surface area contributed by atoms with Crippen LogP contribution in [-0.4, -0.2) is 81.0 Å². The van der Waals surface area contributed by atoms with Crippen LogP contribution in [0.15, 0.2) is 71.8 Å². The Morgan fingerprint density at radius 1 is 1.04 bits per heavy atom. The number of pyridine rings is 1. The first-order valence-corrected chi connectivity index (χ1v) is 17.7. The van der Waals surface area contributed by atoms with Gasteiger partial charge in [0.25, 0.3) is 0 Å². The van der Waals surface area contributed by atoms with E-state index >= 15 is 0 Å². The number of carboxylic acids is 1. The molecule has 4 atom stereocenters. The van der Waals surface area contributed by atoms with Crippen molar-refractivity contribution in [3.63, 3.8) is 0 Å². The van der Waals surface area contributed by atoms with E-state index in [1.54, 1.807) is 80.7 Å². The number of nitrogens with zero attached hydrogens (tertiary/aromatic N) is 2. The van der Waals surface area contributed by atoms with Crippen LogP contribution in [0.25, 0.3) is 0 Å². The van der Waals surface area contributed by atoms with Gasteiger partial charge in [-0.1, -0.05) is 54.1 Å². The van der Waals surface area contributed by atoms with E-state index in [-0.39, 0.29) is 23.6 Å². The Balaban J connectivity index is 1.40. The van der Waals surface area contributed by atoms with Gasteiger partial charge in [0.2, 0.25) is 26.0 Å². The van der Waals surface area contributed by atoms with Crippen molar-refractivity contribution in [1.29, 1.82) is 0 Å². The SMILES string of the molecule is Cc1cc(C)c(S(=O)(=O)NC(CNC(=O)COC2CC(C(N)c3ccccn3)N(S(=O)(=O)Cc3ccccc3)C2)C(=O)O)c(C)c1. The highest BCUT2D eigenvalue weighted by Gasteiger charge is 2.43. The Kier molecular flexibility index (Phi) is 11.3. The molecule has 1 aliphatic heterocycles. The number of carboxylic acid groups (broad SMARTS) is 1. The molecule has 4 rings (SSSR count). The van der Waals surface area contributed by atoms with Gasteiger partial charge < -0.3 is 20.9 Å². The van der Waals surface area contributed by atoms with Crippen LogP contribution in [0.4, 0.5) is 0 Å². The van der Waals surface area contributed by atoms with Gasteiger partial charge in [0.1, 0.15) is 12.6 Å². The lowest BCUT2D eigenvalue weighted by molar-refractivity contribution is -0.139. The van der Waals surface area contributed by atoms with Gasteiger partial charge in [-0.05, 0) is 56.0 Å². The number of hydrogen-bond donors (Lipinski definition) is 4. The molecule has 0 spiro atoms. The minimum atomic E-state index is -4.23. The Hall–Kier alpha value is -3.73. The molecular weight excluding hydrogens is 635 g/mol. The number of aryl methyl sites for hydroxylation is 3. The van der Waals surface area contributed by atoms with Gasteiger partial charge in [-0.2, -0.15) is 9.03 Å². The van der Waals surface area contributed by atoms with E-state index in [1.807, 2.05) is 6.92 Å². The highest BCUT2D eigenvalue weighted by atomic mass is 32.2. The summed E-state index contributed by atoms with van der Waals surface area (Å²) in [6, 6.07) is 14.2. The molecule has 15 heteroatoms. The monoisotopic (exact) mass is 673 g/mol. The Morgan fingerprint density at radius 3 is 2.30 bits per heavy atom. The predicted octanol–water partition coefficient (Wildman–Crippen LogP) is 1.54. The number of carbonyl (C=O) groups excluding carboxylic acids is 1. The average Bonchev–Trinajstić information content (AvgIpc) is 3.43. The highest BCUT2D eigenvalue weighted by molar-refractivity contribution is 7.89. The maximum Gasteiger partial charge on any atom is 0.323 e. The van der Waals surface area contributed by atoms with E-state index in [1.165, 1.54) is 4.31 Å². The average molecular weight is 674 g/mol. The second kappa shape index (κ2) is 14.8. The number of hydrogen-bond acceptors (Lipinski definition) is 9. The van der Waals surface area contributed by atoms with Gasteiger partial charge in [0.05, 0.1) is 28.5 Å². The lowest BCUT2D eigenvalue weighted by Gasteiger charge is -2.28. The number of aromatic nitrogens is 1. The quantitative estimate of drug-likeness (QED) is 0.195. The van der Waals surface area contributed by atoms with E-state index < -0.39 is 69.3 Å². The van der Waals surface area contributed by atoms with Crippen LogP contribution in [0.2, 0.25) is 0 Å². The molecule has 1 saturated heterocycles. The molecule has 3 aromatic rings. The molecule has 0 aliphatic carbocycles. The molecule has 1 aliphatic rings. The van der Waals surface area contributed by atoms with Gasteiger partial charge in [0.15, 0.2) is 0 Å². The Morgan fingerprint density at radius 2 is 1.70 bits per heavy atom. The van der Waals surface area contributed by atoms with Crippen LogP contribution in [0, 0.1) is 20.8 Å². The van der Waals surface area contributed by atoms with E-state index in [4.69, 9.17) is 10.5 Å². The lowest BCUT2D eigenvalue weighted by Crippen LogP contribution is -2.49. The molecule has 13 nitrogen and oxygen atoms in total. The fourth-order valence-corrected chi connectivity index (χ4v) is 9.12. The molecule has 1 aromatic heterocycles. The molecule has 4 unspecified atom stereocenters. The standard InChI is InChI=1S/C31H39N5O8S2/c1-20-13-21(2)30(22(3)14-20)46(42,43)35-26(31(38)39)16-34-28(37)18-44-24-15-27(29(32)25-11-7-8-12-33-25)36(17-24)45(40,41)19-23-9-5-4-6-10-23/h4-14,24,26-27,29,35H,15-19,32H2,1-3H3,(H,34,37)(H,38,39). The van der Waals surface area contributed by atoms with Crippen molar-refractivity contribution in [2.24, 2.45) is 5.73 Å². The number of nitrogens with one attached hydrogen (secondary N) is 2. The Labute approximate surface area is 269 Å². The van der Waals surface area contributed by atoms with Crippen LogP contribution >= 0.6 is 0 Å². The van der Waals surface area contributed by atoms with Crippen LogP contribution in [0.1, 0.15) is 40.4 Å². The fourth-order valence-electron chi connectivity index (χ4n) is 5.68.